The molecule has 13 heavy (non-hydrogen) atoms. The van der Waals surface area contributed by atoms with Gasteiger partial charge >= 0.3 is 0 Å². The minimum absolute atomic E-state index is 0.0150. The van der Waals surface area contributed by atoms with E-state index < -0.39 is 6.29 Å². The van der Waals surface area contributed by atoms with Gasteiger partial charge in [-0.3, -0.25) is 9.79 Å². The number of hydrogen-bond donors (Lipinski definition) is 0. The minimum Gasteiger partial charge on any atom is -0.351 e. The molecule has 72 valence electrons. The average Bonchev–Trinajstić information content (AvgIpc) is 2.11. The number of ether oxygens (including phenoxy) is 2. The van der Waals surface area contributed by atoms with E-state index in [2.05, 4.69) is 4.99 Å². The third-order valence-electron chi connectivity index (χ3n) is 1.92. The second kappa shape index (κ2) is 4.30. The number of hydrogen-bond acceptors (Lipinski definition) is 4. The standard InChI is InChI=1S/C9H13NO3/c1-6-8(9(12-2)13-3)7(11)4-5-10-6/h5,9H,4H2,1-3H3. The summed E-state index contributed by atoms with van der Waals surface area (Å²) in [5.74, 6) is 0.0150. The Bertz CT molecular complexity index is 264. The maximum Gasteiger partial charge on any atom is 0.188 e. The molecule has 0 aromatic heterocycles. The normalized spacial score (nSPS) is 17.4. The number of allylic oxidation sites excluding steroid dienone is 1. The first-order chi connectivity index (χ1) is 6.20. The minimum atomic E-state index is -0.593. The molecule has 0 aromatic rings. The zero-order chi connectivity index (χ0) is 9.84. The summed E-state index contributed by atoms with van der Waals surface area (Å²) in [5, 5.41) is 0. The third-order valence-corrected chi connectivity index (χ3v) is 1.92. The van der Waals surface area contributed by atoms with Gasteiger partial charge in [-0.2, -0.15) is 0 Å². The maximum absolute atomic E-state index is 11.5. The Kier molecular flexibility index (Phi) is 3.33. The SMILES string of the molecule is COC(OC)C1=C(C)N=CCC1=O. The molecule has 0 N–H and O–H groups in total. The van der Waals surface area contributed by atoms with Gasteiger partial charge in [0.25, 0.3) is 0 Å². The summed E-state index contributed by atoms with van der Waals surface area (Å²) in [6.45, 7) is 1.77. The van der Waals surface area contributed by atoms with Crippen LogP contribution in [0.25, 0.3) is 0 Å². The molecule has 1 aliphatic heterocycles. The van der Waals surface area contributed by atoms with Gasteiger partial charge in [-0.25, -0.2) is 0 Å². The Hall–Kier alpha value is -1.00. The number of ketones is 1. The van der Waals surface area contributed by atoms with Crippen LogP contribution < -0.4 is 0 Å². The first-order valence-electron chi connectivity index (χ1n) is 4.02. The van der Waals surface area contributed by atoms with Gasteiger partial charge in [-0.1, -0.05) is 0 Å². The Morgan fingerprint density at radius 1 is 1.46 bits per heavy atom. The third kappa shape index (κ3) is 2.02. The van der Waals surface area contributed by atoms with E-state index in [1.807, 2.05) is 0 Å². The van der Waals surface area contributed by atoms with Crippen LogP contribution in [0, 0.1) is 0 Å². The van der Waals surface area contributed by atoms with Gasteiger partial charge in [0.05, 0.1) is 5.57 Å². The molecule has 0 radical (unpaired) electrons. The van der Waals surface area contributed by atoms with Crippen molar-refractivity contribution in [3.05, 3.63) is 11.3 Å². The largest absolute Gasteiger partial charge is 0.351 e. The van der Waals surface area contributed by atoms with Crippen LogP contribution in [-0.4, -0.2) is 32.5 Å². The Balaban J connectivity index is 2.96. The fourth-order valence-electron chi connectivity index (χ4n) is 1.28. The number of methoxy groups -OCH3 is 2. The predicted molar refractivity (Wildman–Crippen MR) is 48.6 cm³/mol. The van der Waals surface area contributed by atoms with Crippen molar-refractivity contribution in [3.8, 4) is 0 Å². The van der Waals surface area contributed by atoms with Crippen LogP contribution in [-0.2, 0) is 14.3 Å². The highest BCUT2D eigenvalue weighted by Crippen LogP contribution is 2.18. The van der Waals surface area contributed by atoms with Crippen molar-refractivity contribution < 1.29 is 14.3 Å². The van der Waals surface area contributed by atoms with Crippen molar-refractivity contribution in [2.24, 2.45) is 4.99 Å². The second-order valence-corrected chi connectivity index (χ2v) is 2.74. The number of carbonyl (C=O) groups is 1. The Morgan fingerprint density at radius 3 is 2.54 bits per heavy atom. The van der Waals surface area contributed by atoms with Crippen molar-refractivity contribution in [3.63, 3.8) is 0 Å². The molecule has 0 atom stereocenters. The van der Waals surface area contributed by atoms with Crippen molar-refractivity contribution in [2.75, 3.05) is 14.2 Å². The molecule has 0 aromatic carbocycles. The summed E-state index contributed by atoms with van der Waals surface area (Å²) in [7, 11) is 3.00. The predicted octanol–water partition coefficient (Wildman–Crippen LogP) is 0.923. The van der Waals surface area contributed by atoms with Gasteiger partial charge in [0.2, 0.25) is 0 Å². The lowest BCUT2D eigenvalue weighted by molar-refractivity contribution is -0.122. The number of carbonyl (C=O) groups excluding carboxylic acids is 1. The van der Waals surface area contributed by atoms with Crippen molar-refractivity contribution in [1.82, 2.24) is 0 Å². The van der Waals surface area contributed by atoms with E-state index in [0.29, 0.717) is 17.7 Å². The van der Waals surface area contributed by atoms with Crippen molar-refractivity contribution >= 4 is 12.0 Å². The molecule has 0 spiro atoms. The highest BCUT2D eigenvalue weighted by atomic mass is 16.7. The quantitative estimate of drug-likeness (QED) is 0.611. The van der Waals surface area contributed by atoms with Gasteiger partial charge in [0.1, 0.15) is 0 Å². The molecule has 0 saturated heterocycles. The molecule has 1 rings (SSSR count). The molecule has 0 aliphatic carbocycles. The number of rotatable bonds is 3. The molecule has 0 unspecified atom stereocenters. The van der Waals surface area contributed by atoms with Crippen LogP contribution in [0.4, 0.5) is 0 Å². The van der Waals surface area contributed by atoms with Crippen LogP contribution in [0.2, 0.25) is 0 Å². The van der Waals surface area contributed by atoms with E-state index in [1.165, 1.54) is 14.2 Å². The first-order valence-corrected chi connectivity index (χ1v) is 4.02. The van der Waals surface area contributed by atoms with E-state index in [9.17, 15) is 4.79 Å². The monoisotopic (exact) mass is 183 g/mol. The van der Waals surface area contributed by atoms with E-state index in [4.69, 9.17) is 9.47 Å². The smallest absolute Gasteiger partial charge is 0.188 e. The van der Waals surface area contributed by atoms with Crippen molar-refractivity contribution in [1.29, 1.82) is 0 Å². The molecule has 4 heteroatoms. The summed E-state index contributed by atoms with van der Waals surface area (Å²) in [5.41, 5.74) is 1.19. The number of nitrogens with zero attached hydrogens (tertiary/aromatic N) is 1. The molecule has 0 saturated carbocycles. The van der Waals surface area contributed by atoms with E-state index >= 15 is 0 Å². The fourth-order valence-corrected chi connectivity index (χ4v) is 1.28. The lowest BCUT2D eigenvalue weighted by atomic mass is 10.0. The lowest BCUT2D eigenvalue weighted by Crippen LogP contribution is -2.25. The van der Waals surface area contributed by atoms with Gasteiger partial charge in [-0.05, 0) is 6.92 Å². The van der Waals surface area contributed by atoms with E-state index in [-0.39, 0.29) is 5.78 Å². The van der Waals surface area contributed by atoms with Gasteiger partial charge in [0, 0.05) is 32.6 Å². The second-order valence-electron chi connectivity index (χ2n) is 2.74. The molecule has 4 nitrogen and oxygen atoms in total. The summed E-state index contributed by atoms with van der Waals surface area (Å²) in [6, 6.07) is 0. The van der Waals surface area contributed by atoms with Crippen LogP contribution in [0.3, 0.4) is 0 Å². The zero-order valence-electron chi connectivity index (χ0n) is 8.03. The van der Waals surface area contributed by atoms with E-state index in [0.717, 1.165) is 0 Å². The average molecular weight is 183 g/mol. The fraction of sp³-hybridized carbons (Fsp3) is 0.556. The topological polar surface area (TPSA) is 47.9 Å². The molecule has 1 aliphatic rings. The van der Waals surface area contributed by atoms with Gasteiger partial charge < -0.3 is 9.47 Å². The Morgan fingerprint density at radius 2 is 2.08 bits per heavy atom. The summed E-state index contributed by atoms with van der Waals surface area (Å²) in [6.07, 6.45) is 1.34. The van der Waals surface area contributed by atoms with E-state index in [1.54, 1.807) is 13.1 Å². The highest BCUT2D eigenvalue weighted by molar-refractivity contribution is 6.06. The Labute approximate surface area is 77.2 Å². The number of Topliss-reactive ketones (excluding diaryl/α,β-unsaturated/α-hetero) is 1. The molecule has 1 heterocycles. The molecule has 0 amide bonds. The molecule has 0 bridgehead atoms. The maximum atomic E-state index is 11.5. The molecule has 0 fully saturated rings. The summed E-state index contributed by atoms with van der Waals surface area (Å²) >= 11 is 0. The summed E-state index contributed by atoms with van der Waals surface area (Å²) < 4.78 is 10.0. The zero-order valence-corrected chi connectivity index (χ0v) is 8.03. The van der Waals surface area contributed by atoms with Gasteiger partial charge in [-0.15, -0.1) is 0 Å². The highest BCUT2D eigenvalue weighted by Gasteiger charge is 2.24. The first kappa shape index (κ1) is 10.1. The van der Waals surface area contributed by atoms with Crippen LogP contribution in [0.1, 0.15) is 13.3 Å². The van der Waals surface area contributed by atoms with Gasteiger partial charge in [0.15, 0.2) is 12.1 Å². The van der Waals surface area contributed by atoms with Crippen LogP contribution >= 0.6 is 0 Å². The number of aliphatic imine (C=N–C) groups is 1. The molecular weight excluding hydrogens is 170 g/mol. The summed E-state index contributed by atoms with van der Waals surface area (Å²) in [4.78, 5) is 15.5. The lowest BCUT2D eigenvalue weighted by Gasteiger charge is -2.19. The van der Waals surface area contributed by atoms with Crippen LogP contribution in [0.5, 0.6) is 0 Å². The molecular formula is C9H13NO3. The van der Waals surface area contributed by atoms with Crippen LogP contribution in [0.15, 0.2) is 16.3 Å². The van der Waals surface area contributed by atoms with Crippen molar-refractivity contribution in [2.45, 2.75) is 19.6 Å².